The van der Waals surface area contributed by atoms with Gasteiger partial charge >= 0.3 is 0 Å². The zero-order valence-electron chi connectivity index (χ0n) is 8.89. The molecule has 1 aromatic rings. The zero-order valence-corrected chi connectivity index (χ0v) is 10.5. The Hall–Kier alpha value is -0.700. The lowest BCUT2D eigenvalue weighted by atomic mass is 9.96. The van der Waals surface area contributed by atoms with Gasteiger partial charge in [0.15, 0.2) is 0 Å². The average Bonchev–Trinajstić information content (AvgIpc) is 2.22. The van der Waals surface area contributed by atoms with Gasteiger partial charge in [-0.1, -0.05) is 29.8 Å². The van der Waals surface area contributed by atoms with Gasteiger partial charge in [0, 0.05) is 16.8 Å². The Labute approximate surface area is 97.8 Å². The molecule has 0 N–H and O–H groups in total. The van der Waals surface area contributed by atoms with Crippen molar-refractivity contribution in [1.29, 1.82) is 0 Å². The summed E-state index contributed by atoms with van der Waals surface area (Å²) in [5.74, 6) is -0.0939. The summed E-state index contributed by atoms with van der Waals surface area (Å²) in [5.41, 5.74) is 0.851. The fraction of sp³-hybridized carbons (Fsp3) is 0.417. The summed E-state index contributed by atoms with van der Waals surface area (Å²) in [4.78, 5) is 11.4. The lowest BCUT2D eigenvalue weighted by Crippen LogP contribution is -2.12. The minimum atomic E-state index is -0.260. The molecule has 0 bridgehead atoms. The summed E-state index contributed by atoms with van der Waals surface area (Å²) in [5, 5.41) is 0. The summed E-state index contributed by atoms with van der Waals surface area (Å²) in [6.45, 7) is 3.72. The molecule has 0 aromatic heterocycles. The molecule has 0 amide bonds. The quantitative estimate of drug-likeness (QED) is 0.816. The number of ketones is 1. The van der Waals surface area contributed by atoms with E-state index in [0.29, 0.717) is 12.8 Å². The van der Waals surface area contributed by atoms with Gasteiger partial charge in [0.1, 0.15) is 11.6 Å². The summed E-state index contributed by atoms with van der Waals surface area (Å²) < 4.78 is 13.8. The first-order chi connectivity index (χ1) is 7.04. The van der Waals surface area contributed by atoms with Crippen LogP contribution < -0.4 is 0 Å². The number of benzene rings is 1. The Kier molecular flexibility index (Phi) is 4.45. The molecule has 0 saturated heterocycles. The van der Waals surface area contributed by atoms with Gasteiger partial charge in [-0.05, 0) is 30.2 Å². The molecule has 82 valence electrons. The van der Waals surface area contributed by atoms with Crippen molar-refractivity contribution in [3.8, 4) is 0 Å². The van der Waals surface area contributed by atoms with E-state index in [9.17, 15) is 9.18 Å². The van der Waals surface area contributed by atoms with Crippen molar-refractivity contribution >= 4 is 21.7 Å². The normalized spacial score (nSPS) is 12.5. The van der Waals surface area contributed by atoms with E-state index >= 15 is 0 Å². The molecule has 0 saturated carbocycles. The molecule has 1 nitrogen and oxygen atoms in total. The molecular formula is C12H14BrFO. The average molecular weight is 273 g/mol. The minimum Gasteiger partial charge on any atom is -0.299 e. The van der Waals surface area contributed by atoms with Gasteiger partial charge in [0.25, 0.3) is 0 Å². The first-order valence-corrected chi connectivity index (χ1v) is 5.80. The Morgan fingerprint density at radius 2 is 2.20 bits per heavy atom. The highest BCUT2D eigenvalue weighted by Crippen LogP contribution is 2.21. The molecule has 0 fully saturated rings. The van der Waals surface area contributed by atoms with Gasteiger partial charge in [-0.2, -0.15) is 0 Å². The van der Waals surface area contributed by atoms with Gasteiger partial charge in [0.2, 0.25) is 0 Å². The molecule has 1 rings (SSSR count). The fourth-order valence-corrected chi connectivity index (χ4v) is 1.90. The van der Waals surface area contributed by atoms with Crippen LogP contribution in [0.3, 0.4) is 0 Å². The third kappa shape index (κ3) is 3.42. The lowest BCUT2D eigenvalue weighted by molar-refractivity contribution is -0.122. The Balaban J connectivity index is 2.80. The molecule has 1 unspecified atom stereocenters. The van der Waals surface area contributed by atoms with E-state index in [-0.39, 0.29) is 17.5 Å². The first-order valence-electron chi connectivity index (χ1n) is 5.01. The predicted octanol–water partition coefficient (Wildman–Crippen LogP) is 3.75. The zero-order chi connectivity index (χ0) is 11.4. The van der Waals surface area contributed by atoms with E-state index in [1.807, 2.05) is 13.8 Å². The first kappa shape index (κ1) is 12.4. The van der Waals surface area contributed by atoms with Crippen LogP contribution in [0.1, 0.15) is 25.8 Å². The van der Waals surface area contributed by atoms with Crippen molar-refractivity contribution in [2.75, 3.05) is 0 Å². The van der Waals surface area contributed by atoms with Gasteiger partial charge in [-0.3, -0.25) is 4.79 Å². The molecule has 0 heterocycles. The second-order valence-electron chi connectivity index (χ2n) is 3.66. The van der Waals surface area contributed by atoms with Gasteiger partial charge in [-0.25, -0.2) is 4.39 Å². The van der Waals surface area contributed by atoms with Crippen molar-refractivity contribution in [2.45, 2.75) is 26.7 Å². The van der Waals surface area contributed by atoms with Crippen LogP contribution in [0.15, 0.2) is 22.7 Å². The van der Waals surface area contributed by atoms with E-state index in [1.54, 1.807) is 6.07 Å². The maximum Gasteiger partial charge on any atom is 0.135 e. The monoisotopic (exact) mass is 272 g/mol. The van der Waals surface area contributed by atoms with Crippen LogP contribution in [-0.4, -0.2) is 5.78 Å². The third-order valence-corrected chi connectivity index (χ3v) is 3.21. The number of carbonyl (C=O) groups is 1. The number of carbonyl (C=O) groups excluding carboxylic acids is 1. The van der Waals surface area contributed by atoms with Crippen molar-refractivity contribution in [2.24, 2.45) is 5.92 Å². The van der Waals surface area contributed by atoms with Crippen LogP contribution in [0.2, 0.25) is 0 Å². The highest BCUT2D eigenvalue weighted by atomic mass is 79.9. The van der Waals surface area contributed by atoms with Crippen molar-refractivity contribution in [1.82, 2.24) is 0 Å². The Morgan fingerprint density at radius 1 is 1.53 bits per heavy atom. The second kappa shape index (κ2) is 5.40. The molecule has 0 radical (unpaired) electrons. The maximum absolute atomic E-state index is 13.0. The Bertz CT molecular complexity index is 363. The highest BCUT2D eigenvalue weighted by Gasteiger charge is 2.13. The smallest absolute Gasteiger partial charge is 0.135 e. The van der Waals surface area contributed by atoms with Crippen LogP contribution in [-0.2, 0) is 11.2 Å². The Morgan fingerprint density at radius 3 is 2.80 bits per heavy atom. The summed E-state index contributed by atoms with van der Waals surface area (Å²) >= 11 is 3.35. The standard InChI is InChI=1S/C12H14BrFO/c1-3-12(15)8(2)6-9-7-10(14)4-5-11(9)13/h4-5,7-8H,3,6H2,1-2H3. The van der Waals surface area contributed by atoms with Crippen LogP contribution in [0.5, 0.6) is 0 Å². The summed E-state index contributed by atoms with van der Waals surface area (Å²) in [7, 11) is 0. The van der Waals surface area contributed by atoms with Gasteiger partial charge in [0.05, 0.1) is 0 Å². The van der Waals surface area contributed by atoms with Crippen molar-refractivity contribution in [3.05, 3.63) is 34.1 Å². The molecule has 15 heavy (non-hydrogen) atoms. The molecule has 0 aliphatic rings. The molecule has 1 atom stereocenters. The van der Waals surface area contributed by atoms with Gasteiger partial charge in [-0.15, -0.1) is 0 Å². The summed E-state index contributed by atoms with van der Waals surface area (Å²) in [6.07, 6.45) is 1.12. The fourth-order valence-electron chi connectivity index (χ4n) is 1.49. The van der Waals surface area contributed by atoms with E-state index in [2.05, 4.69) is 15.9 Å². The van der Waals surface area contributed by atoms with E-state index in [0.717, 1.165) is 10.0 Å². The largest absolute Gasteiger partial charge is 0.299 e. The molecular weight excluding hydrogens is 259 g/mol. The van der Waals surface area contributed by atoms with Crippen LogP contribution in [0.25, 0.3) is 0 Å². The number of rotatable bonds is 4. The molecule has 0 aliphatic heterocycles. The van der Waals surface area contributed by atoms with Crippen LogP contribution in [0.4, 0.5) is 4.39 Å². The van der Waals surface area contributed by atoms with Gasteiger partial charge < -0.3 is 0 Å². The number of hydrogen-bond acceptors (Lipinski definition) is 1. The van der Waals surface area contributed by atoms with E-state index in [1.165, 1.54) is 12.1 Å². The minimum absolute atomic E-state index is 0.0481. The maximum atomic E-state index is 13.0. The molecule has 0 spiro atoms. The molecule has 0 aliphatic carbocycles. The van der Waals surface area contributed by atoms with E-state index < -0.39 is 0 Å². The topological polar surface area (TPSA) is 17.1 Å². The molecule has 3 heteroatoms. The lowest BCUT2D eigenvalue weighted by Gasteiger charge is -2.10. The summed E-state index contributed by atoms with van der Waals surface area (Å²) in [6, 6.07) is 4.55. The highest BCUT2D eigenvalue weighted by molar-refractivity contribution is 9.10. The molecule has 1 aromatic carbocycles. The van der Waals surface area contributed by atoms with Crippen LogP contribution >= 0.6 is 15.9 Å². The second-order valence-corrected chi connectivity index (χ2v) is 4.52. The SMILES string of the molecule is CCC(=O)C(C)Cc1cc(F)ccc1Br. The van der Waals surface area contributed by atoms with Crippen molar-refractivity contribution in [3.63, 3.8) is 0 Å². The number of halogens is 2. The number of hydrogen-bond donors (Lipinski definition) is 0. The number of Topliss-reactive ketones (excluding diaryl/α,β-unsaturated/α-hetero) is 1. The predicted molar refractivity (Wildman–Crippen MR) is 62.3 cm³/mol. The van der Waals surface area contributed by atoms with Crippen molar-refractivity contribution < 1.29 is 9.18 Å². The third-order valence-electron chi connectivity index (χ3n) is 2.43. The van der Waals surface area contributed by atoms with E-state index in [4.69, 9.17) is 0 Å². The van der Waals surface area contributed by atoms with Crippen LogP contribution in [0, 0.1) is 11.7 Å².